The number of esters is 1. The number of hydrogen-bond acceptors (Lipinski definition) is 6. The lowest BCUT2D eigenvalue weighted by atomic mass is 10.4. The Bertz CT molecular complexity index is 378. The van der Waals surface area contributed by atoms with Gasteiger partial charge in [-0.05, 0) is 6.92 Å². The molecule has 0 fully saturated rings. The van der Waals surface area contributed by atoms with Crippen LogP contribution in [0.4, 0.5) is 0 Å². The molecule has 0 spiro atoms. The van der Waals surface area contributed by atoms with Gasteiger partial charge < -0.3 is 15.8 Å². The Morgan fingerprint density at radius 1 is 1.62 bits per heavy atom. The van der Waals surface area contributed by atoms with Gasteiger partial charge in [-0.3, -0.25) is 4.79 Å². The van der Waals surface area contributed by atoms with Gasteiger partial charge in [-0.25, -0.2) is 9.78 Å². The third-order valence-corrected chi connectivity index (χ3v) is 2.44. The maximum Gasteiger partial charge on any atom is 0.367 e. The van der Waals surface area contributed by atoms with Crippen LogP contribution in [0.3, 0.4) is 0 Å². The maximum absolute atomic E-state index is 11.4. The fraction of sp³-hybridized carbons (Fsp3) is 0.444. The second-order valence-electron chi connectivity index (χ2n) is 2.80. The van der Waals surface area contributed by atoms with Gasteiger partial charge in [-0.15, -0.1) is 11.3 Å². The van der Waals surface area contributed by atoms with Crippen molar-refractivity contribution in [3.8, 4) is 0 Å². The number of amides is 1. The minimum atomic E-state index is -0.509. The van der Waals surface area contributed by atoms with Crippen LogP contribution in [-0.4, -0.2) is 36.6 Å². The minimum Gasteiger partial charge on any atom is -0.461 e. The van der Waals surface area contributed by atoms with Crippen LogP contribution in [0.5, 0.6) is 0 Å². The summed E-state index contributed by atoms with van der Waals surface area (Å²) in [6, 6.07) is 0. The minimum absolute atomic E-state index is 0.180. The summed E-state index contributed by atoms with van der Waals surface area (Å²) in [5.41, 5.74) is 5.45. The summed E-state index contributed by atoms with van der Waals surface area (Å²) >= 11 is 1.08. The van der Waals surface area contributed by atoms with Gasteiger partial charge in [-0.1, -0.05) is 0 Å². The molecule has 1 aromatic rings. The van der Waals surface area contributed by atoms with Gasteiger partial charge in [0.2, 0.25) is 5.01 Å². The summed E-state index contributed by atoms with van der Waals surface area (Å²) in [5.74, 6) is -0.845. The molecule has 1 rings (SSSR count). The molecule has 7 heteroatoms. The number of hydrogen-bond donors (Lipinski definition) is 2. The number of ether oxygens (including phenoxy) is 1. The molecule has 1 aromatic heterocycles. The molecule has 0 aliphatic rings. The van der Waals surface area contributed by atoms with E-state index in [-0.39, 0.29) is 23.2 Å². The number of rotatable bonds is 5. The van der Waals surface area contributed by atoms with E-state index in [2.05, 4.69) is 10.3 Å². The lowest BCUT2D eigenvalue weighted by Crippen LogP contribution is -2.29. The number of thiazole rings is 1. The number of nitrogens with two attached hydrogens (primary N) is 1. The molecular weight excluding hydrogens is 230 g/mol. The van der Waals surface area contributed by atoms with Gasteiger partial charge in [0.1, 0.15) is 5.69 Å². The lowest BCUT2D eigenvalue weighted by Gasteiger charge is -1.99. The molecule has 6 nitrogen and oxygen atoms in total. The highest BCUT2D eigenvalue weighted by Crippen LogP contribution is 2.10. The first-order valence-electron chi connectivity index (χ1n) is 4.80. The first-order valence-corrected chi connectivity index (χ1v) is 5.68. The first-order chi connectivity index (χ1) is 7.69. The van der Waals surface area contributed by atoms with E-state index >= 15 is 0 Å². The first kappa shape index (κ1) is 12.6. The molecule has 1 heterocycles. The molecule has 16 heavy (non-hydrogen) atoms. The van der Waals surface area contributed by atoms with Gasteiger partial charge in [0.25, 0.3) is 5.91 Å². The largest absolute Gasteiger partial charge is 0.461 e. The van der Waals surface area contributed by atoms with Gasteiger partial charge in [0.05, 0.1) is 6.61 Å². The summed E-state index contributed by atoms with van der Waals surface area (Å²) < 4.78 is 4.76. The fourth-order valence-corrected chi connectivity index (χ4v) is 1.63. The third-order valence-electron chi connectivity index (χ3n) is 1.62. The summed E-state index contributed by atoms with van der Waals surface area (Å²) in [4.78, 5) is 26.6. The van der Waals surface area contributed by atoms with Crippen LogP contribution in [-0.2, 0) is 4.74 Å². The molecular formula is C9H13N3O3S. The molecule has 3 N–H and O–H groups in total. The molecule has 0 radical (unpaired) electrons. The summed E-state index contributed by atoms with van der Waals surface area (Å²) in [6.07, 6.45) is 0. The Morgan fingerprint density at radius 3 is 3.00 bits per heavy atom. The predicted molar refractivity (Wildman–Crippen MR) is 59.5 cm³/mol. The Labute approximate surface area is 96.8 Å². The second-order valence-corrected chi connectivity index (χ2v) is 3.66. The normalized spacial score (nSPS) is 9.88. The van der Waals surface area contributed by atoms with Gasteiger partial charge in [0, 0.05) is 18.5 Å². The summed E-state index contributed by atoms with van der Waals surface area (Å²) in [6.45, 7) is 2.74. The molecule has 0 saturated carbocycles. The van der Waals surface area contributed by atoms with Crippen LogP contribution < -0.4 is 11.1 Å². The zero-order valence-electron chi connectivity index (χ0n) is 8.86. The lowest BCUT2D eigenvalue weighted by molar-refractivity contribution is 0.0526. The fourth-order valence-electron chi connectivity index (χ4n) is 0.941. The zero-order valence-corrected chi connectivity index (χ0v) is 9.67. The van der Waals surface area contributed by atoms with E-state index in [0.717, 1.165) is 11.3 Å². The zero-order chi connectivity index (χ0) is 12.0. The van der Waals surface area contributed by atoms with Crippen molar-refractivity contribution in [2.75, 3.05) is 19.7 Å². The third kappa shape index (κ3) is 3.28. The predicted octanol–water partition coefficient (Wildman–Crippen LogP) is 0.00830. The quantitative estimate of drug-likeness (QED) is 0.710. The van der Waals surface area contributed by atoms with Crippen LogP contribution in [0.2, 0.25) is 0 Å². The molecule has 0 saturated heterocycles. The maximum atomic E-state index is 11.4. The molecule has 0 aliphatic heterocycles. The van der Waals surface area contributed by atoms with Crippen molar-refractivity contribution in [3.05, 3.63) is 16.1 Å². The Morgan fingerprint density at radius 2 is 2.38 bits per heavy atom. The van der Waals surface area contributed by atoms with Crippen molar-refractivity contribution in [1.82, 2.24) is 10.3 Å². The van der Waals surface area contributed by atoms with E-state index < -0.39 is 5.97 Å². The van der Waals surface area contributed by atoms with E-state index in [1.54, 1.807) is 6.92 Å². The number of nitrogens with one attached hydrogen (secondary N) is 1. The number of carbonyl (C=O) groups is 2. The van der Waals surface area contributed by atoms with Crippen LogP contribution in [0.25, 0.3) is 0 Å². The smallest absolute Gasteiger partial charge is 0.367 e. The highest BCUT2D eigenvalue weighted by molar-refractivity contribution is 7.11. The average Bonchev–Trinajstić information content (AvgIpc) is 2.75. The highest BCUT2D eigenvalue weighted by atomic mass is 32.1. The topological polar surface area (TPSA) is 94.3 Å². The molecule has 0 aliphatic carbocycles. The average molecular weight is 243 g/mol. The SMILES string of the molecule is CCOC(=O)c1nc(C(=O)NCCN)cs1. The monoisotopic (exact) mass is 243 g/mol. The van der Waals surface area contributed by atoms with Gasteiger partial charge in [-0.2, -0.15) is 0 Å². The van der Waals surface area contributed by atoms with E-state index in [9.17, 15) is 9.59 Å². The van der Waals surface area contributed by atoms with Crippen molar-refractivity contribution in [2.45, 2.75) is 6.92 Å². The number of carbonyl (C=O) groups excluding carboxylic acids is 2. The molecule has 1 amide bonds. The van der Waals surface area contributed by atoms with Crippen molar-refractivity contribution in [1.29, 1.82) is 0 Å². The second kappa shape index (κ2) is 6.19. The van der Waals surface area contributed by atoms with Crippen LogP contribution in [0.15, 0.2) is 5.38 Å². The van der Waals surface area contributed by atoms with Crippen molar-refractivity contribution < 1.29 is 14.3 Å². The molecule has 0 aromatic carbocycles. The van der Waals surface area contributed by atoms with Gasteiger partial charge >= 0.3 is 5.97 Å². The highest BCUT2D eigenvalue weighted by Gasteiger charge is 2.15. The van der Waals surface area contributed by atoms with Gasteiger partial charge in [0.15, 0.2) is 0 Å². The molecule has 0 unspecified atom stereocenters. The van der Waals surface area contributed by atoms with Crippen molar-refractivity contribution in [2.24, 2.45) is 5.73 Å². The molecule has 88 valence electrons. The van der Waals surface area contributed by atoms with Crippen molar-refractivity contribution in [3.63, 3.8) is 0 Å². The van der Waals surface area contributed by atoms with E-state index in [1.165, 1.54) is 5.38 Å². The molecule has 0 bridgehead atoms. The number of nitrogens with zero attached hydrogens (tertiary/aromatic N) is 1. The van der Waals surface area contributed by atoms with Crippen LogP contribution in [0, 0.1) is 0 Å². The van der Waals surface area contributed by atoms with E-state index in [4.69, 9.17) is 10.5 Å². The molecule has 0 atom stereocenters. The Hall–Kier alpha value is -1.47. The Kier molecular flexibility index (Phi) is 4.87. The Balaban J connectivity index is 2.63. The van der Waals surface area contributed by atoms with Crippen LogP contribution in [0.1, 0.15) is 27.2 Å². The summed E-state index contributed by atoms with van der Waals surface area (Å²) in [7, 11) is 0. The van der Waals surface area contributed by atoms with Crippen molar-refractivity contribution >= 4 is 23.2 Å². The van der Waals surface area contributed by atoms with E-state index in [1.807, 2.05) is 0 Å². The van der Waals surface area contributed by atoms with E-state index in [0.29, 0.717) is 13.1 Å². The summed E-state index contributed by atoms with van der Waals surface area (Å²) in [5, 5.41) is 4.25. The van der Waals surface area contributed by atoms with Crippen LogP contribution >= 0.6 is 11.3 Å². The number of aromatic nitrogens is 1. The standard InChI is InChI=1S/C9H13N3O3S/c1-2-15-9(14)8-12-6(5-16-8)7(13)11-4-3-10/h5H,2-4,10H2,1H3,(H,11,13).